The van der Waals surface area contributed by atoms with Crippen LogP contribution in [0.5, 0.6) is 0 Å². The van der Waals surface area contributed by atoms with Gasteiger partial charge in [0.1, 0.15) is 0 Å². The van der Waals surface area contributed by atoms with Gasteiger partial charge in [0.15, 0.2) is 0 Å². The van der Waals surface area contributed by atoms with E-state index in [0.29, 0.717) is 5.92 Å². The number of ether oxygens (including phenoxy) is 1. The smallest absolute Gasteiger partial charge is 0.0671 e. The number of hydrogen-bond acceptors (Lipinski definition) is 1. The van der Waals surface area contributed by atoms with Gasteiger partial charge < -0.3 is 4.74 Å². The molecule has 1 rings (SSSR count). The van der Waals surface area contributed by atoms with E-state index >= 15 is 0 Å². The van der Waals surface area contributed by atoms with Crippen molar-refractivity contribution in [1.29, 1.82) is 0 Å². The quantitative estimate of drug-likeness (QED) is 0.667. The average molecular weight is 204 g/mol. The van der Waals surface area contributed by atoms with Crippen molar-refractivity contribution in [3.05, 3.63) is 48.0 Å². The van der Waals surface area contributed by atoms with Gasteiger partial charge in [0.2, 0.25) is 0 Å². The van der Waals surface area contributed by atoms with Gasteiger partial charge in [-0.25, -0.2) is 0 Å². The van der Waals surface area contributed by atoms with Crippen molar-refractivity contribution in [2.75, 3.05) is 7.11 Å². The number of rotatable bonds is 5. The molecule has 1 heteroatoms. The third kappa shape index (κ3) is 3.88. The van der Waals surface area contributed by atoms with Crippen LogP contribution in [-0.2, 0) is 11.2 Å². The molecule has 15 heavy (non-hydrogen) atoms. The van der Waals surface area contributed by atoms with E-state index in [9.17, 15) is 0 Å². The maximum Gasteiger partial charge on any atom is 0.0671 e. The maximum atomic E-state index is 5.52. The molecule has 1 aromatic rings. The number of methoxy groups -OCH3 is 1. The molecule has 0 unspecified atom stereocenters. The summed E-state index contributed by atoms with van der Waals surface area (Å²) in [5, 5.41) is 0. The van der Waals surface area contributed by atoms with E-state index in [1.807, 2.05) is 13.0 Å². The molecule has 0 bridgehead atoms. The highest BCUT2D eigenvalue weighted by molar-refractivity contribution is 5.16. The van der Waals surface area contributed by atoms with Crippen molar-refractivity contribution in [3.63, 3.8) is 0 Å². The Hall–Kier alpha value is -1.08. The van der Waals surface area contributed by atoms with Crippen LogP contribution in [0.4, 0.5) is 0 Å². The molecule has 0 aliphatic carbocycles. The Balaban J connectivity index is 2.61. The molecule has 0 spiro atoms. The fourth-order valence-corrected chi connectivity index (χ4v) is 1.76. The van der Waals surface area contributed by atoms with Crippen molar-refractivity contribution in [3.8, 4) is 0 Å². The van der Waals surface area contributed by atoms with Gasteiger partial charge in [0.25, 0.3) is 0 Å². The van der Waals surface area contributed by atoms with Crippen LogP contribution in [0.15, 0.2) is 42.5 Å². The van der Waals surface area contributed by atoms with Crippen LogP contribution >= 0.6 is 0 Å². The second kappa shape index (κ2) is 6.41. The highest BCUT2D eigenvalue weighted by Crippen LogP contribution is 2.14. The summed E-state index contributed by atoms with van der Waals surface area (Å²) < 4.78 is 5.52. The summed E-state index contributed by atoms with van der Waals surface area (Å²) in [5.41, 5.74) is 1.33. The molecule has 1 nitrogen and oxygen atoms in total. The second-order valence-corrected chi connectivity index (χ2v) is 3.85. The largest absolute Gasteiger partial charge is 0.381 e. The van der Waals surface area contributed by atoms with E-state index in [-0.39, 0.29) is 6.10 Å². The molecule has 0 aromatic heterocycles. The molecule has 0 saturated heterocycles. The predicted molar refractivity (Wildman–Crippen MR) is 64.9 cm³/mol. The lowest BCUT2D eigenvalue weighted by atomic mass is 9.97. The minimum Gasteiger partial charge on any atom is -0.381 e. The maximum absolute atomic E-state index is 5.52. The Labute approximate surface area is 92.8 Å². The summed E-state index contributed by atoms with van der Waals surface area (Å²) in [6.45, 7) is 4.24. The summed E-state index contributed by atoms with van der Waals surface area (Å²) in [4.78, 5) is 0. The van der Waals surface area contributed by atoms with Crippen molar-refractivity contribution >= 4 is 0 Å². The molecule has 0 aliphatic heterocycles. The van der Waals surface area contributed by atoms with Crippen LogP contribution in [0.2, 0.25) is 0 Å². The van der Waals surface area contributed by atoms with E-state index in [1.165, 1.54) is 5.56 Å². The lowest BCUT2D eigenvalue weighted by molar-refractivity contribution is 0.0746. The van der Waals surface area contributed by atoms with Gasteiger partial charge in [-0.3, -0.25) is 0 Å². The average Bonchev–Trinajstić information content (AvgIpc) is 2.27. The SMILES string of the molecule is C/C=C/[C@H](C)[C@H](Cc1ccccc1)OC. The Kier molecular flexibility index (Phi) is 5.13. The molecule has 82 valence electrons. The molecule has 0 fully saturated rings. The van der Waals surface area contributed by atoms with E-state index in [1.54, 1.807) is 7.11 Å². The van der Waals surface area contributed by atoms with E-state index in [2.05, 4.69) is 43.3 Å². The lowest BCUT2D eigenvalue weighted by Gasteiger charge is -2.20. The van der Waals surface area contributed by atoms with Crippen LogP contribution in [0.3, 0.4) is 0 Å². The topological polar surface area (TPSA) is 9.23 Å². The van der Waals surface area contributed by atoms with Gasteiger partial charge in [-0.05, 0) is 18.9 Å². The van der Waals surface area contributed by atoms with Crippen LogP contribution in [0, 0.1) is 5.92 Å². The molecule has 0 heterocycles. The van der Waals surface area contributed by atoms with Crippen LogP contribution in [0.1, 0.15) is 19.4 Å². The normalized spacial score (nSPS) is 15.4. The molecular weight excluding hydrogens is 184 g/mol. The van der Waals surface area contributed by atoms with Gasteiger partial charge in [0, 0.05) is 13.0 Å². The van der Waals surface area contributed by atoms with Gasteiger partial charge in [-0.2, -0.15) is 0 Å². The monoisotopic (exact) mass is 204 g/mol. The number of hydrogen-bond donors (Lipinski definition) is 0. The summed E-state index contributed by atoms with van der Waals surface area (Å²) in [6, 6.07) is 10.5. The third-order valence-electron chi connectivity index (χ3n) is 2.66. The van der Waals surface area contributed by atoms with Crippen molar-refractivity contribution in [1.82, 2.24) is 0 Å². The molecule has 1 aromatic carbocycles. The number of benzene rings is 1. The first-order valence-electron chi connectivity index (χ1n) is 5.47. The summed E-state index contributed by atoms with van der Waals surface area (Å²) >= 11 is 0. The minimum absolute atomic E-state index is 0.267. The molecule has 0 saturated carbocycles. The van der Waals surface area contributed by atoms with Gasteiger partial charge in [-0.15, -0.1) is 0 Å². The standard InChI is InChI=1S/C14H20O/c1-4-8-12(2)14(15-3)11-13-9-6-5-7-10-13/h4-10,12,14H,11H2,1-3H3/b8-4+/t12-,14-/m0/s1. The first-order valence-corrected chi connectivity index (χ1v) is 5.47. The zero-order valence-corrected chi connectivity index (χ0v) is 9.81. The first-order chi connectivity index (χ1) is 7.27. The Morgan fingerprint density at radius 3 is 2.47 bits per heavy atom. The van der Waals surface area contributed by atoms with Crippen LogP contribution < -0.4 is 0 Å². The van der Waals surface area contributed by atoms with Gasteiger partial charge >= 0.3 is 0 Å². The van der Waals surface area contributed by atoms with Crippen LogP contribution in [0.25, 0.3) is 0 Å². The molecule has 0 radical (unpaired) electrons. The van der Waals surface area contributed by atoms with Crippen molar-refractivity contribution in [2.45, 2.75) is 26.4 Å². The highest BCUT2D eigenvalue weighted by atomic mass is 16.5. The van der Waals surface area contributed by atoms with Crippen molar-refractivity contribution in [2.24, 2.45) is 5.92 Å². The van der Waals surface area contributed by atoms with E-state index in [0.717, 1.165) is 6.42 Å². The summed E-state index contributed by atoms with van der Waals surface area (Å²) in [6.07, 6.45) is 5.52. The second-order valence-electron chi connectivity index (χ2n) is 3.85. The number of allylic oxidation sites excluding steroid dienone is 1. The van der Waals surface area contributed by atoms with Crippen molar-refractivity contribution < 1.29 is 4.74 Å². The molecular formula is C14H20O. The third-order valence-corrected chi connectivity index (χ3v) is 2.66. The Bertz CT molecular complexity index is 289. The minimum atomic E-state index is 0.267. The summed E-state index contributed by atoms with van der Waals surface area (Å²) in [5.74, 6) is 0.459. The van der Waals surface area contributed by atoms with Gasteiger partial charge in [0.05, 0.1) is 6.10 Å². The van der Waals surface area contributed by atoms with Gasteiger partial charge in [-0.1, -0.05) is 49.4 Å². The highest BCUT2D eigenvalue weighted by Gasteiger charge is 2.14. The zero-order chi connectivity index (χ0) is 11.1. The zero-order valence-electron chi connectivity index (χ0n) is 9.81. The molecule has 0 aliphatic rings. The molecule has 0 N–H and O–H groups in total. The summed E-state index contributed by atoms with van der Waals surface area (Å²) in [7, 11) is 1.79. The molecule has 0 amide bonds. The Morgan fingerprint density at radius 1 is 1.27 bits per heavy atom. The molecule has 2 atom stereocenters. The fraction of sp³-hybridized carbons (Fsp3) is 0.429. The van der Waals surface area contributed by atoms with Crippen LogP contribution in [-0.4, -0.2) is 13.2 Å². The Morgan fingerprint density at radius 2 is 1.93 bits per heavy atom. The lowest BCUT2D eigenvalue weighted by Crippen LogP contribution is -2.21. The predicted octanol–water partition coefficient (Wildman–Crippen LogP) is 3.46. The fourth-order valence-electron chi connectivity index (χ4n) is 1.76. The first kappa shape index (κ1) is 12.0. The van der Waals surface area contributed by atoms with E-state index < -0.39 is 0 Å². The van der Waals surface area contributed by atoms with E-state index in [4.69, 9.17) is 4.74 Å².